The number of aromatic nitrogens is 2. The lowest BCUT2D eigenvalue weighted by Gasteiger charge is -2.34. The van der Waals surface area contributed by atoms with Crippen molar-refractivity contribution in [2.75, 3.05) is 26.2 Å². The molecule has 0 N–H and O–H groups in total. The number of fused-ring (bicyclic) bond motifs is 1. The molecule has 10 heteroatoms. The van der Waals surface area contributed by atoms with Crippen LogP contribution >= 0.6 is 11.6 Å². The van der Waals surface area contributed by atoms with Gasteiger partial charge in [0, 0.05) is 43.5 Å². The molecule has 0 saturated carbocycles. The topological polar surface area (TPSA) is 58.4 Å². The molecule has 1 fully saturated rings. The van der Waals surface area contributed by atoms with Crippen LogP contribution in [0.2, 0.25) is 5.02 Å². The minimum absolute atomic E-state index is 0.0434. The summed E-state index contributed by atoms with van der Waals surface area (Å²) in [7, 11) is 0. The molecule has 3 aromatic rings. The highest BCUT2D eigenvalue weighted by Gasteiger charge is 2.32. The first-order valence-corrected chi connectivity index (χ1v) is 11.3. The number of carbonyl (C=O) groups is 2. The zero-order valence-electron chi connectivity index (χ0n) is 18.0. The number of halogens is 4. The van der Waals surface area contributed by atoms with E-state index in [1.165, 1.54) is 22.9 Å². The van der Waals surface area contributed by atoms with Crippen molar-refractivity contribution in [1.82, 2.24) is 19.6 Å². The van der Waals surface area contributed by atoms with Crippen LogP contribution in [0.5, 0.6) is 0 Å². The van der Waals surface area contributed by atoms with Gasteiger partial charge in [0.05, 0.1) is 16.3 Å². The molecule has 1 aliphatic heterocycles. The Balaban J connectivity index is 1.33. The van der Waals surface area contributed by atoms with Gasteiger partial charge in [0.25, 0.3) is 11.8 Å². The van der Waals surface area contributed by atoms with Gasteiger partial charge in [0.15, 0.2) is 17.3 Å². The number of hydrogen-bond donors (Lipinski definition) is 0. The monoisotopic (exact) mass is 488 g/mol. The molecule has 1 aromatic heterocycles. The lowest BCUT2D eigenvalue weighted by molar-refractivity contribution is 0.0531. The molecule has 176 valence electrons. The average molecular weight is 489 g/mol. The lowest BCUT2D eigenvalue weighted by Crippen LogP contribution is -2.50. The number of benzene rings is 2. The largest absolute Gasteiger partial charge is 0.335 e. The first-order valence-electron chi connectivity index (χ1n) is 10.9. The van der Waals surface area contributed by atoms with Crippen LogP contribution in [0, 0.1) is 17.5 Å². The zero-order chi connectivity index (χ0) is 24.0. The molecule has 0 radical (unpaired) electrons. The summed E-state index contributed by atoms with van der Waals surface area (Å²) >= 11 is 6.02. The average Bonchev–Trinajstić information content (AvgIpc) is 3.43. The van der Waals surface area contributed by atoms with Gasteiger partial charge in [-0.05, 0) is 49.6 Å². The second kappa shape index (κ2) is 8.79. The van der Waals surface area contributed by atoms with Crippen LogP contribution in [0.3, 0.4) is 0 Å². The molecule has 0 atom stereocenters. The Morgan fingerprint density at radius 3 is 2.24 bits per heavy atom. The Labute approximate surface area is 198 Å². The van der Waals surface area contributed by atoms with Crippen molar-refractivity contribution >= 4 is 23.4 Å². The maximum absolute atomic E-state index is 13.8. The van der Waals surface area contributed by atoms with Crippen molar-refractivity contribution in [2.24, 2.45) is 0 Å². The molecule has 2 aliphatic rings. The summed E-state index contributed by atoms with van der Waals surface area (Å²) in [5.41, 5.74) is 2.53. The van der Waals surface area contributed by atoms with E-state index in [1.807, 2.05) is 0 Å². The van der Waals surface area contributed by atoms with Crippen LogP contribution in [0.4, 0.5) is 13.2 Å². The van der Waals surface area contributed by atoms with Crippen molar-refractivity contribution in [3.8, 4) is 5.69 Å². The second-order valence-electron chi connectivity index (χ2n) is 8.35. The number of rotatable bonds is 3. The van der Waals surface area contributed by atoms with Crippen LogP contribution < -0.4 is 0 Å². The Kier molecular flexibility index (Phi) is 5.81. The van der Waals surface area contributed by atoms with E-state index in [0.717, 1.165) is 35.9 Å². The smallest absolute Gasteiger partial charge is 0.274 e. The minimum Gasteiger partial charge on any atom is -0.335 e. The highest BCUT2D eigenvalue weighted by atomic mass is 35.5. The molecular formula is C24H20ClF3N4O2. The zero-order valence-corrected chi connectivity index (χ0v) is 18.8. The Hall–Kier alpha value is -3.33. The Morgan fingerprint density at radius 2 is 1.56 bits per heavy atom. The van der Waals surface area contributed by atoms with Gasteiger partial charge in [-0.2, -0.15) is 5.10 Å². The van der Waals surface area contributed by atoms with E-state index in [9.17, 15) is 22.8 Å². The van der Waals surface area contributed by atoms with E-state index in [0.29, 0.717) is 50.4 Å². The van der Waals surface area contributed by atoms with Gasteiger partial charge >= 0.3 is 0 Å². The third-order valence-corrected chi connectivity index (χ3v) is 6.61. The Morgan fingerprint density at radius 1 is 0.853 bits per heavy atom. The maximum atomic E-state index is 13.8. The van der Waals surface area contributed by atoms with E-state index < -0.39 is 17.5 Å². The van der Waals surface area contributed by atoms with Crippen molar-refractivity contribution < 1.29 is 22.8 Å². The summed E-state index contributed by atoms with van der Waals surface area (Å²) in [4.78, 5) is 29.3. The number of nitrogens with zero attached hydrogens (tertiary/aromatic N) is 4. The van der Waals surface area contributed by atoms with Gasteiger partial charge in [-0.1, -0.05) is 11.6 Å². The Bertz CT molecular complexity index is 1300. The summed E-state index contributed by atoms with van der Waals surface area (Å²) in [5.74, 6) is -3.02. The molecule has 2 amide bonds. The molecule has 0 spiro atoms. The highest BCUT2D eigenvalue weighted by molar-refractivity contribution is 6.33. The standard InChI is InChI=1S/C24H20ClF3N4O2/c25-18-12-14(26)4-6-16(18)23(33)30-8-10-31(11-9-30)24(34)22-17-2-1-3-21(17)32(29-22)15-5-7-19(27)20(28)13-15/h4-7,12-13H,1-3,8-11H2. The number of carbonyl (C=O) groups excluding carboxylic acids is 2. The SMILES string of the molecule is O=C(c1ccc(F)cc1Cl)N1CCN(C(=O)c2nn(-c3ccc(F)c(F)c3)c3c2CCC3)CC1. The predicted molar refractivity (Wildman–Crippen MR) is 119 cm³/mol. The fraction of sp³-hybridized carbons (Fsp3) is 0.292. The van der Waals surface area contributed by atoms with E-state index in [2.05, 4.69) is 5.10 Å². The first-order chi connectivity index (χ1) is 16.3. The molecule has 0 bridgehead atoms. The van der Waals surface area contributed by atoms with E-state index in [1.54, 1.807) is 9.80 Å². The van der Waals surface area contributed by atoms with Crippen molar-refractivity contribution in [3.63, 3.8) is 0 Å². The minimum atomic E-state index is -0.977. The van der Waals surface area contributed by atoms with Crippen LogP contribution in [0.25, 0.3) is 5.69 Å². The van der Waals surface area contributed by atoms with Gasteiger partial charge in [-0.25, -0.2) is 17.9 Å². The quantitative estimate of drug-likeness (QED) is 0.559. The van der Waals surface area contributed by atoms with Gasteiger partial charge in [-0.15, -0.1) is 0 Å². The third kappa shape index (κ3) is 3.94. The predicted octanol–water partition coefficient (Wildman–Crippen LogP) is 4.03. The molecule has 2 heterocycles. The highest BCUT2D eigenvalue weighted by Crippen LogP contribution is 2.29. The number of amides is 2. The summed E-state index contributed by atoms with van der Waals surface area (Å²) in [6.07, 6.45) is 2.22. The second-order valence-corrected chi connectivity index (χ2v) is 8.75. The van der Waals surface area contributed by atoms with Crippen molar-refractivity contribution in [2.45, 2.75) is 19.3 Å². The van der Waals surface area contributed by atoms with Crippen molar-refractivity contribution in [1.29, 1.82) is 0 Å². The summed E-state index contributed by atoms with van der Waals surface area (Å²) in [5, 5.41) is 4.52. The normalized spacial score (nSPS) is 15.5. The maximum Gasteiger partial charge on any atom is 0.274 e. The third-order valence-electron chi connectivity index (χ3n) is 6.30. The van der Waals surface area contributed by atoms with Gasteiger partial charge in [-0.3, -0.25) is 9.59 Å². The first kappa shape index (κ1) is 22.5. The molecular weight excluding hydrogens is 469 g/mol. The number of piperazine rings is 1. The molecule has 2 aromatic carbocycles. The molecule has 1 saturated heterocycles. The van der Waals surface area contributed by atoms with Crippen molar-refractivity contribution in [3.05, 3.63) is 81.4 Å². The van der Waals surface area contributed by atoms with Gasteiger partial charge in [0.2, 0.25) is 0 Å². The molecule has 5 rings (SSSR count). The van der Waals surface area contributed by atoms with Gasteiger partial charge in [0.1, 0.15) is 5.82 Å². The fourth-order valence-electron chi connectivity index (χ4n) is 4.54. The summed E-state index contributed by atoms with van der Waals surface area (Å²) < 4.78 is 42.0. The lowest BCUT2D eigenvalue weighted by atomic mass is 10.1. The van der Waals surface area contributed by atoms with Crippen LogP contribution in [0.1, 0.15) is 38.5 Å². The van der Waals surface area contributed by atoms with E-state index >= 15 is 0 Å². The fourth-order valence-corrected chi connectivity index (χ4v) is 4.78. The van der Waals surface area contributed by atoms with Crippen LogP contribution in [-0.2, 0) is 12.8 Å². The molecule has 6 nitrogen and oxygen atoms in total. The van der Waals surface area contributed by atoms with E-state index in [4.69, 9.17) is 11.6 Å². The van der Waals surface area contributed by atoms with Crippen LogP contribution in [0.15, 0.2) is 36.4 Å². The molecule has 0 unspecified atom stereocenters. The molecule has 34 heavy (non-hydrogen) atoms. The number of hydrogen-bond acceptors (Lipinski definition) is 3. The summed E-state index contributed by atoms with van der Waals surface area (Å²) in [6, 6.07) is 7.18. The summed E-state index contributed by atoms with van der Waals surface area (Å²) in [6.45, 7) is 1.20. The van der Waals surface area contributed by atoms with Crippen LogP contribution in [-0.4, -0.2) is 57.6 Å². The molecule has 1 aliphatic carbocycles. The van der Waals surface area contributed by atoms with Gasteiger partial charge < -0.3 is 9.80 Å². The van der Waals surface area contributed by atoms with E-state index in [-0.39, 0.29) is 22.4 Å².